The number of esters is 1. The van der Waals surface area contributed by atoms with Crippen molar-refractivity contribution in [3.05, 3.63) is 62.0 Å². The summed E-state index contributed by atoms with van der Waals surface area (Å²) in [6, 6.07) is 11.1. The topological polar surface area (TPSA) is 57.1 Å². The van der Waals surface area contributed by atoms with Gasteiger partial charge in [-0.3, -0.25) is 0 Å². The van der Waals surface area contributed by atoms with Crippen LogP contribution in [-0.4, -0.2) is 26.1 Å². The second-order valence-electron chi connectivity index (χ2n) is 5.83. The zero-order valence-corrected chi connectivity index (χ0v) is 17.9. The molecule has 0 fully saturated rings. The SMILES string of the molecule is COc1ccc(/C=C2/N=C(c3sc4cc(Br)ccc4c3Cl)OC2=O)c(OC)c1. The number of hydrogen-bond acceptors (Lipinski definition) is 6. The predicted molar refractivity (Wildman–Crippen MR) is 115 cm³/mol. The van der Waals surface area contributed by atoms with Crippen LogP contribution in [0.2, 0.25) is 5.02 Å². The van der Waals surface area contributed by atoms with Crippen molar-refractivity contribution in [1.29, 1.82) is 0 Å². The van der Waals surface area contributed by atoms with E-state index in [1.165, 1.54) is 11.3 Å². The molecule has 2 heterocycles. The number of nitrogens with zero attached hydrogens (tertiary/aromatic N) is 1. The Morgan fingerprint density at radius 1 is 1.18 bits per heavy atom. The van der Waals surface area contributed by atoms with Gasteiger partial charge < -0.3 is 14.2 Å². The van der Waals surface area contributed by atoms with Gasteiger partial charge in [-0.15, -0.1) is 11.3 Å². The molecule has 0 aliphatic carbocycles. The molecule has 0 unspecified atom stereocenters. The van der Waals surface area contributed by atoms with Crippen LogP contribution in [-0.2, 0) is 9.53 Å². The van der Waals surface area contributed by atoms with E-state index in [9.17, 15) is 4.79 Å². The second kappa shape index (κ2) is 7.58. The largest absolute Gasteiger partial charge is 0.497 e. The summed E-state index contributed by atoms with van der Waals surface area (Å²) in [5, 5.41) is 1.40. The summed E-state index contributed by atoms with van der Waals surface area (Å²) in [7, 11) is 3.12. The minimum absolute atomic E-state index is 0.174. The second-order valence-corrected chi connectivity index (χ2v) is 8.18. The fourth-order valence-electron chi connectivity index (χ4n) is 2.77. The first-order valence-corrected chi connectivity index (χ1v) is 10.1. The van der Waals surface area contributed by atoms with Gasteiger partial charge in [-0.05, 0) is 30.3 Å². The van der Waals surface area contributed by atoms with Crippen LogP contribution in [0.3, 0.4) is 0 Å². The van der Waals surface area contributed by atoms with Gasteiger partial charge in [0.15, 0.2) is 5.70 Å². The maximum atomic E-state index is 12.3. The summed E-state index contributed by atoms with van der Waals surface area (Å²) in [6.07, 6.45) is 1.62. The first-order chi connectivity index (χ1) is 13.5. The molecule has 2 aromatic carbocycles. The molecule has 0 atom stereocenters. The van der Waals surface area contributed by atoms with Crippen LogP contribution in [0, 0.1) is 0 Å². The molecule has 1 aliphatic rings. The first kappa shape index (κ1) is 19.0. The fraction of sp³-hybridized carbons (Fsp3) is 0.100. The van der Waals surface area contributed by atoms with Crippen molar-refractivity contribution < 1.29 is 19.0 Å². The highest BCUT2D eigenvalue weighted by Gasteiger charge is 2.28. The molecule has 3 aromatic rings. The highest BCUT2D eigenvalue weighted by atomic mass is 79.9. The van der Waals surface area contributed by atoms with Gasteiger partial charge in [-0.2, -0.15) is 0 Å². The molecule has 1 aromatic heterocycles. The lowest BCUT2D eigenvalue weighted by atomic mass is 10.1. The number of cyclic esters (lactones) is 1. The summed E-state index contributed by atoms with van der Waals surface area (Å²) >= 11 is 11.4. The van der Waals surface area contributed by atoms with E-state index in [-0.39, 0.29) is 11.6 Å². The third kappa shape index (κ3) is 3.41. The average molecular weight is 479 g/mol. The quantitative estimate of drug-likeness (QED) is 0.358. The van der Waals surface area contributed by atoms with Crippen molar-refractivity contribution in [2.75, 3.05) is 14.2 Å². The molecular formula is C20H13BrClNO4S. The number of thiophene rings is 1. The van der Waals surface area contributed by atoms with Gasteiger partial charge in [0.2, 0.25) is 5.90 Å². The van der Waals surface area contributed by atoms with E-state index in [4.69, 9.17) is 25.8 Å². The molecule has 142 valence electrons. The molecular weight excluding hydrogens is 466 g/mol. The monoisotopic (exact) mass is 477 g/mol. The zero-order chi connectivity index (χ0) is 19.8. The van der Waals surface area contributed by atoms with Crippen LogP contribution < -0.4 is 9.47 Å². The molecule has 0 N–H and O–H groups in total. The van der Waals surface area contributed by atoms with E-state index in [2.05, 4.69) is 20.9 Å². The van der Waals surface area contributed by atoms with Crippen LogP contribution in [0.25, 0.3) is 16.2 Å². The Bertz CT molecular complexity index is 1170. The number of rotatable bonds is 4. The number of methoxy groups -OCH3 is 2. The molecule has 8 heteroatoms. The van der Waals surface area contributed by atoms with Gasteiger partial charge in [0.1, 0.15) is 16.4 Å². The molecule has 28 heavy (non-hydrogen) atoms. The van der Waals surface area contributed by atoms with Gasteiger partial charge >= 0.3 is 5.97 Å². The van der Waals surface area contributed by atoms with Crippen molar-refractivity contribution in [2.24, 2.45) is 4.99 Å². The number of hydrogen-bond donors (Lipinski definition) is 0. The molecule has 1 aliphatic heterocycles. The zero-order valence-electron chi connectivity index (χ0n) is 14.8. The third-order valence-electron chi connectivity index (χ3n) is 4.14. The number of carbonyl (C=O) groups excluding carboxylic acids is 1. The molecule has 0 spiro atoms. The lowest BCUT2D eigenvalue weighted by Crippen LogP contribution is -2.04. The molecule has 0 saturated carbocycles. The molecule has 4 rings (SSSR count). The van der Waals surface area contributed by atoms with Gasteiger partial charge in [0.05, 0.1) is 19.2 Å². The van der Waals surface area contributed by atoms with Crippen LogP contribution in [0.1, 0.15) is 10.4 Å². The Kier molecular flexibility index (Phi) is 5.14. The van der Waals surface area contributed by atoms with Crippen molar-refractivity contribution in [3.8, 4) is 11.5 Å². The Morgan fingerprint density at radius 2 is 2.00 bits per heavy atom. The van der Waals surface area contributed by atoms with E-state index in [0.29, 0.717) is 27.0 Å². The minimum atomic E-state index is -0.539. The highest BCUT2D eigenvalue weighted by Crippen LogP contribution is 2.39. The minimum Gasteiger partial charge on any atom is -0.497 e. The summed E-state index contributed by atoms with van der Waals surface area (Å²) in [5.41, 5.74) is 0.861. The lowest BCUT2D eigenvalue weighted by molar-refractivity contribution is -0.129. The maximum absolute atomic E-state index is 12.3. The van der Waals surface area contributed by atoms with Crippen LogP contribution >= 0.6 is 38.9 Å². The molecule has 0 bridgehead atoms. The molecule has 0 saturated heterocycles. The van der Waals surface area contributed by atoms with E-state index in [1.807, 2.05) is 18.2 Å². The number of aliphatic imine (C=N–C) groups is 1. The first-order valence-electron chi connectivity index (χ1n) is 8.12. The van der Waals surface area contributed by atoms with E-state index >= 15 is 0 Å². The molecule has 0 amide bonds. The van der Waals surface area contributed by atoms with Gasteiger partial charge in [-0.1, -0.05) is 33.6 Å². The third-order valence-corrected chi connectivity index (χ3v) is 6.28. The smallest absolute Gasteiger partial charge is 0.363 e. The van der Waals surface area contributed by atoms with E-state index < -0.39 is 5.97 Å². The predicted octanol–water partition coefficient (Wildman–Crippen LogP) is 5.68. The number of fused-ring (bicyclic) bond motifs is 1. The fourth-order valence-corrected chi connectivity index (χ4v) is 4.76. The van der Waals surface area contributed by atoms with Gasteiger partial charge in [0.25, 0.3) is 0 Å². The van der Waals surface area contributed by atoms with Crippen LogP contribution in [0.4, 0.5) is 0 Å². The van der Waals surface area contributed by atoms with Gasteiger partial charge in [-0.25, -0.2) is 9.79 Å². The normalized spacial score (nSPS) is 15.1. The number of ether oxygens (including phenoxy) is 3. The maximum Gasteiger partial charge on any atom is 0.363 e. The van der Waals surface area contributed by atoms with Crippen molar-refractivity contribution in [2.45, 2.75) is 0 Å². The average Bonchev–Trinajstić information content (AvgIpc) is 3.21. The Balaban J connectivity index is 1.75. The number of benzene rings is 2. The molecule has 5 nitrogen and oxygen atoms in total. The summed E-state index contributed by atoms with van der Waals surface area (Å²) in [4.78, 5) is 17.3. The lowest BCUT2D eigenvalue weighted by Gasteiger charge is -2.07. The van der Waals surface area contributed by atoms with Crippen molar-refractivity contribution in [3.63, 3.8) is 0 Å². The molecule has 0 radical (unpaired) electrons. The number of carbonyl (C=O) groups is 1. The summed E-state index contributed by atoms with van der Waals surface area (Å²) in [5.74, 6) is 0.877. The van der Waals surface area contributed by atoms with E-state index in [0.717, 1.165) is 14.6 Å². The Labute approximate surface area is 178 Å². The summed E-state index contributed by atoms with van der Waals surface area (Å²) in [6.45, 7) is 0. The standard InChI is InChI=1S/C20H13BrClNO4S/c1-25-12-5-3-10(15(9-12)26-2)7-14-20(24)27-19(23-14)18-17(22)13-6-4-11(21)8-16(13)28-18/h3-9H,1-2H3/b14-7+. The van der Waals surface area contributed by atoms with Crippen molar-refractivity contribution in [1.82, 2.24) is 0 Å². The van der Waals surface area contributed by atoms with E-state index in [1.54, 1.807) is 38.5 Å². The Morgan fingerprint density at radius 3 is 2.75 bits per heavy atom. The summed E-state index contributed by atoms with van der Waals surface area (Å²) < 4.78 is 17.9. The highest BCUT2D eigenvalue weighted by molar-refractivity contribution is 9.10. The van der Waals surface area contributed by atoms with Crippen LogP contribution in [0.5, 0.6) is 11.5 Å². The van der Waals surface area contributed by atoms with Crippen LogP contribution in [0.15, 0.2) is 51.6 Å². The van der Waals surface area contributed by atoms with Gasteiger partial charge in [0, 0.05) is 26.2 Å². The number of halogens is 2. The van der Waals surface area contributed by atoms with Crippen molar-refractivity contribution >= 4 is 66.9 Å². The Hall–Kier alpha value is -2.35.